The summed E-state index contributed by atoms with van der Waals surface area (Å²) in [5.74, 6) is 2.00. The monoisotopic (exact) mass is 402 g/mol. The Balaban J connectivity index is 2.28. The molecule has 0 heterocycles. The first kappa shape index (κ1) is 22.0. The van der Waals surface area contributed by atoms with Crippen molar-refractivity contribution in [2.24, 2.45) is 0 Å². The number of ether oxygens (including phenoxy) is 2. The quantitative estimate of drug-likeness (QED) is 0.196. The second kappa shape index (κ2) is 10.9. The highest BCUT2D eigenvalue weighted by Gasteiger charge is 2.20. The first-order valence-electron chi connectivity index (χ1n) is 11.2. The molecule has 0 radical (unpaired) electrons. The molecule has 3 aromatic carbocycles. The molecule has 0 aliphatic carbocycles. The van der Waals surface area contributed by atoms with Crippen molar-refractivity contribution in [3.05, 3.63) is 71.8 Å². The van der Waals surface area contributed by atoms with Crippen molar-refractivity contribution in [2.45, 2.75) is 53.4 Å². The van der Waals surface area contributed by atoms with Gasteiger partial charge in [-0.1, -0.05) is 74.5 Å². The molecule has 0 amide bonds. The number of allylic oxidation sites excluding steroid dienone is 2. The molecular formula is C28H34O2. The SMILES string of the molecule is C/C=C/CCOc1c2cccc(CC)c2c(OCC/C=C/C)c2cccc(CC)c12. The molecule has 0 saturated carbocycles. The molecule has 0 aromatic heterocycles. The largest absolute Gasteiger partial charge is 0.492 e. The normalized spacial score (nSPS) is 11.9. The Morgan fingerprint density at radius 3 is 1.47 bits per heavy atom. The minimum absolute atomic E-state index is 0.671. The van der Waals surface area contributed by atoms with E-state index in [1.165, 1.54) is 21.9 Å². The van der Waals surface area contributed by atoms with E-state index >= 15 is 0 Å². The maximum atomic E-state index is 6.46. The van der Waals surface area contributed by atoms with Crippen LogP contribution >= 0.6 is 0 Å². The van der Waals surface area contributed by atoms with Crippen LogP contribution < -0.4 is 9.47 Å². The molecule has 3 aromatic rings. The van der Waals surface area contributed by atoms with Crippen molar-refractivity contribution in [3.8, 4) is 11.5 Å². The van der Waals surface area contributed by atoms with Gasteiger partial charge in [0, 0.05) is 21.5 Å². The smallest absolute Gasteiger partial charge is 0.135 e. The minimum Gasteiger partial charge on any atom is -0.492 e. The summed E-state index contributed by atoms with van der Waals surface area (Å²) in [6.45, 7) is 9.85. The van der Waals surface area contributed by atoms with Gasteiger partial charge in [-0.25, -0.2) is 0 Å². The summed E-state index contributed by atoms with van der Waals surface area (Å²) in [6.07, 6.45) is 12.2. The Labute approximate surface area is 181 Å². The van der Waals surface area contributed by atoms with E-state index in [4.69, 9.17) is 9.47 Å². The zero-order valence-corrected chi connectivity index (χ0v) is 18.8. The van der Waals surface area contributed by atoms with Crippen LogP contribution in [0.2, 0.25) is 0 Å². The standard InChI is InChI=1S/C28H34O2/c1-5-9-11-19-29-27-23-17-13-16-22(8-4)26(23)28(30-20-12-10-6-2)24-18-14-15-21(7-3)25(24)27/h5-6,9-10,13-18H,7-8,11-12,19-20H2,1-4H3/b9-5+,10-6+. The molecule has 0 atom stereocenters. The van der Waals surface area contributed by atoms with E-state index in [0.29, 0.717) is 13.2 Å². The number of benzene rings is 3. The van der Waals surface area contributed by atoms with Crippen LogP contribution in [-0.4, -0.2) is 13.2 Å². The average Bonchev–Trinajstić information content (AvgIpc) is 2.79. The third kappa shape index (κ3) is 4.53. The Morgan fingerprint density at radius 1 is 0.667 bits per heavy atom. The fourth-order valence-corrected chi connectivity index (χ4v) is 4.06. The lowest BCUT2D eigenvalue weighted by molar-refractivity contribution is 0.326. The predicted octanol–water partition coefficient (Wildman–Crippen LogP) is 7.81. The van der Waals surface area contributed by atoms with Crippen LogP contribution in [0.5, 0.6) is 11.5 Å². The Bertz CT molecular complexity index is 958. The molecule has 0 fully saturated rings. The van der Waals surface area contributed by atoms with Gasteiger partial charge in [0.25, 0.3) is 0 Å². The fourth-order valence-electron chi connectivity index (χ4n) is 4.06. The first-order valence-corrected chi connectivity index (χ1v) is 11.2. The highest BCUT2D eigenvalue weighted by molar-refractivity contribution is 6.13. The molecule has 3 rings (SSSR count). The summed E-state index contributed by atoms with van der Waals surface area (Å²) in [7, 11) is 0. The van der Waals surface area contributed by atoms with Gasteiger partial charge >= 0.3 is 0 Å². The molecule has 0 unspecified atom stereocenters. The van der Waals surface area contributed by atoms with Crippen molar-refractivity contribution in [1.82, 2.24) is 0 Å². The summed E-state index contributed by atoms with van der Waals surface area (Å²) in [5.41, 5.74) is 2.60. The van der Waals surface area contributed by atoms with Gasteiger partial charge in [0.05, 0.1) is 13.2 Å². The van der Waals surface area contributed by atoms with E-state index in [1.54, 1.807) is 0 Å². The molecule has 0 bridgehead atoms. The number of aryl methyl sites for hydroxylation is 2. The van der Waals surface area contributed by atoms with Crippen LogP contribution in [-0.2, 0) is 12.8 Å². The van der Waals surface area contributed by atoms with Crippen molar-refractivity contribution in [1.29, 1.82) is 0 Å². The van der Waals surface area contributed by atoms with Crippen LogP contribution in [0.3, 0.4) is 0 Å². The lowest BCUT2D eigenvalue weighted by Gasteiger charge is -2.21. The minimum atomic E-state index is 0.671. The van der Waals surface area contributed by atoms with Crippen LogP contribution in [0.25, 0.3) is 21.5 Å². The Hall–Kier alpha value is -2.74. The van der Waals surface area contributed by atoms with Gasteiger partial charge < -0.3 is 9.47 Å². The molecule has 0 aliphatic heterocycles. The lowest BCUT2D eigenvalue weighted by Crippen LogP contribution is -2.04. The third-order valence-electron chi connectivity index (χ3n) is 5.54. The van der Waals surface area contributed by atoms with Gasteiger partial charge in [-0.15, -0.1) is 0 Å². The summed E-state index contributed by atoms with van der Waals surface area (Å²) in [5, 5.41) is 4.71. The molecule has 158 valence electrons. The van der Waals surface area contributed by atoms with Gasteiger partial charge in [0.2, 0.25) is 0 Å². The molecule has 30 heavy (non-hydrogen) atoms. The van der Waals surface area contributed by atoms with Crippen molar-refractivity contribution >= 4 is 21.5 Å². The van der Waals surface area contributed by atoms with E-state index in [-0.39, 0.29) is 0 Å². The molecular weight excluding hydrogens is 368 g/mol. The number of hydrogen-bond acceptors (Lipinski definition) is 2. The van der Waals surface area contributed by atoms with Crippen molar-refractivity contribution < 1.29 is 9.47 Å². The summed E-state index contributed by atoms with van der Waals surface area (Å²) >= 11 is 0. The number of hydrogen-bond donors (Lipinski definition) is 0. The van der Waals surface area contributed by atoms with E-state index < -0.39 is 0 Å². The van der Waals surface area contributed by atoms with E-state index in [1.807, 2.05) is 13.8 Å². The maximum Gasteiger partial charge on any atom is 0.135 e. The molecule has 0 spiro atoms. The van der Waals surface area contributed by atoms with Crippen LogP contribution in [0.1, 0.15) is 51.7 Å². The Kier molecular flexibility index (Phi) is 7.96. The van der Waals surface area contributed by atoms with E-state index in [2.05, 4.69) is 74.5 Å². The van der Waals surface area contributed by atoms with Gasteiger partial charge in [0.1, 0.15) is 11.5 Å². The zero-order chi connectivity index (χ0) is 21.3. The molecule has 0 aliphatic rings. The maximum absolute atomic E-state index is 6.46. The Morgan fingerprint density at radius 2 is 1.10 bits per heavy atom. The third-order valence-corrected chi connectivity index (χ3v) is 5.54. The van der Waals surface area contributed by atoms with Gasteiger partial charge in [-0.05, 0) is 50.7 Å². The van der Waals surface area contributed by atoms with Crippen molar-refractivity contribution in [2.75, 3.05) is 13.2 Å². The van der Waals surface area contributed by atoms with Crippen LogP contribution in [0.4, 0.5) is 0 Å². The molecule has 0 N–H and O–H groups in total. The summed E-state index contributed by atoms with van der Waals surface area (Å²) < 4.78 is 12.9. The van der Waals surface area contributed by atoms with Crippen LogP contribution in [0.15, 0.2) is 60.7 Å². The van der Waals surface area contributed by atoms with E-state index in [9.17, 15) is 0 Å². The second-order valence-electron chi connectivity index (χ2n) is 7.46. The highest BCUT2D eigenvalue weighted by atomic mass is 16.5. The van der Waals surface area contributed by atoms with Gasteiger partial charge in [-0.3, -0.25) is 0 Å². The molecule has 2 nitrogen and oxygen atoms in total. The number of rotatable bonds is 10. The van der Waals surface area contributed by atoms with Gasteiger partial charge in [0.15, 0.2) is 0 Å². The lowest BCUT2D eigenvalue weighted by atomic mass is 9.93. The first-order chi connectivity index (χ1) is 14.8. The topological polar surface area (TPSA) is 18.5 Å². The summed E-state index contributed by atoms with van der Waals surface area (Å²) in [4.78, 5) is 0. The zero-order valence-electron chi connectivity index (χ0n) is 18.8. The van der Waals surface area contributed by atoms with E-state index in [0.717, 1.165) is 48.0 Å². The average molecular weight is 403 g/mol. The fraction of sp³-hybridized carbons (Fsp3) is 0.357. The van der Waals surface area contributed by atoms with Crippen LogP contribution in [0, 0.1) is 0 Å². The van der Waals surface area contributed by atoms with Crippen molar-refractivity contribution in [3.63, 3.8) is 0 Å². The van der Waals surface area contributed by atoms with Gasteiger partial charge in [-0.2, -0.15) is 0 Å². The summed E-state index contributed by atoms with van der Waals surface area (Å²) in [6, 6.07) is 13.1. The second-order valence-corrected chi connectivity index (χ2v) is 7.46. The molecule has 0 saturated heterocycles. The number of fused-ring (bicyclic) bond motifs is 2. The predicted molar refractivity (Wildman–Crippen MR) is 130 cm³/mol. The molecule has 2 heteroatoms. The highest BCUT2D eigenvalue weighted by Crippen LogP contribution is 2.45.